The summed E-state index contributed by atoms with van der Waals surface area (Å²) in [6.45, 7) is 12.3. The summed E-state index contributed by atoms with van der Waals surface area (Å²) in [5.74, 6) is 0.742. The number of aliphatic hydroxyl groups is 1. The van der Waals surface area contributed by atoms with E-state index in [0.29, 0.717) is 6.04 Å². The van der Waals surface area contributed by atoms with E-state index in [-0.39, 0.29) is 0 Å². The molecule has 0 aliphatic heterocycles. The minimum absolute atomic E-state index is 0.590. The van der Waals surface area contributed by atoms with Crippen LogP contribution in [0.2, 0.25) is 0 Å². The first-order chi connectivity index (χ1) is 9.46. The van der Waals surface area contributed by atoms with Crippen LogP contribution in [0.5, 0.6) is 0 Å². The van der Waals surface area contributed by atoms with Gasteiger partial charge in [-0.15, -0.1) is 0 Å². The molecular weight excluding hydrogens is 248 g/mol. The summed E-state index contributed by atoms with van der Waals surface area (Å²) in [7, 11) is 0. The fraction of sp³-hybridized carbons (Fsp3) is 1.00. The third-order valence-corrected chi connectivity index (χ3v) is 4.37. The lowest BCUT2D eigenvalue weighted by molar-refractivity contribution is 0.0301. The van der Waals surface area contributed by atoms with Gasteiger partial charge in [-0.1, -0.05) is 33.1 Å². The van der Waals surface area contributed by atoms with Crippen LogP contribution >= 0.6 is 0 Å². The maximum atomic E-state index is 10.1. The van der Waals surface area contributed by atoms with E-state index in [2.05, 4.69) is 24.1 Å². The molecule has 2 unspecified atom stereocenters. The molecule has 0 spiro atoms. The van der Waals surface area contributed by atoms with Crippen LogP contribution in [-0.4, -0.2) is 47.8 Å². The Morgan fingerprint density at radius 1 is 1.15 bits per heavy atom. The quantitative estimate of drug-likeness (QED) is 0.673. The molecule has 3 nitrogen and oxygen atoms in total. The van der Waals surface area contributed by atoms with Crippen molar-refractivity contribution in [3.05, 3.63) is 0 Å². The molecule has 0 saturated heterocycles. The highest BCUT2D eigenvalue weighted by molar-refractivity contribution is 4.83. The lowest BCUT2D eigenvalue weighted by Gasteiger charge is -2.34. The maximum absolute atomic E-state index is 10.1. The fourth-order valence-corrected chi connectivity index (χ4v) is 3.39. The van der Waals surface area contributed by atoms with E-state index in [1.165, 1.54) is 38.5 Å². The van der Waals surface area contributed by atoms with E-state index < -0.39 is 5.60 Å². The van der Waals surface area contributed by atoms with Crippen molar-refractivity contribution >= 4 is 0 Å². The van der Waals surface area contributed by atoms with Crippen molar-refractivity contribution in [1.29, 1.82) is 0 Å². The molecule has 2 atom stereocenters. The van der Waals surface area contributed by atoms with Crippen molar-refractivity contribution in [1.82, 2.24) is 10.2 Å². The van der Waals surface area contributed by atoms with Gasteiger partial charge in [0.1, 0.15) is 0 Å². The van der Waals surface area contributed by atoms with Crippen LogP contribution in [0.4, 0.5) is 0 Å². The summed E-state index contributed by atoms with van der Waals surface area (Å²) >= 11 is 0. The predicted molar refractivity (Wildman–Crippen MR) is 87.1 cm³/mol. The molecule has 0 heterocycles. The van der Waals surface area contributed by atoms with E-state index >= 15 is 0 Å². The molecule has 1 saturated carbocycles. The second kappa shape index (κ2) is 9.01. The van der Waals surface area contributed by atoms with Gasteiger partial charge < -0.3 is 15.3 Å². The summed E-state index contributed by atoms with van der Waals surface area (Å²) in [5, 5.41) is 13.8. The zero-order valence-electron chi connectivity index (χ0n) is 14.1. The summed E-state index contributed by atoms with van der Waals surface area (Å²) in [5.41, 5.74) is -0.590. The Bertz CT molecular complexity index is 250. The van der Waals surface area contributed by atoms with Crippen molar-refractivity contribution in [3.63, 3.8) is 0 Å². The number of rotatable bonds is 8. The number of nitrogens with zero attached hydrogens (tertiary/aromatic N) is 1. The first-order valence-electron chi connectivity index (χ1n) is 8.64. The van der Waals surface area contributed by atoms with E-state index in [1.54, 1.807) is 0 Å². The topological polar surface area (TPSA) is 35.5 Å². The third-order valence-electron chi connectivity index (χ3n) is 4.37. The summed E-state index contributed by atoms with van der Waals surface area (Å²) < 4.78 is 0. The van der Waals surface area contributed by atoms with Gasteiger partial charge >= 0.3 is 0 Å². The first kappa shape index (κ1) is 17.9. The molecule has 1 aliphatic rings. The average molecular weight is 284 g/mol. The summed E-state index contributed by atoms with van der Waals surface area (Å²) in [6, 6.07) is 0.674. The monoisotopic (exact) mass is 284 g/mol. The standard InChI is InChI=1S/C17H36N2O/c1-5-12-18-16-11-9-7-8-10-15(16)13-19(6-2)14-17(3,4)20/h15-16,18,20H,5-14H2,1-4H3. The summed E-state index contributed by atoms with van der Waals surface area (Å²) in [6.07, 6.45) is 8.00. The molecule has 0 aromatic heterocycles. The smallest absolute Gasteiger partial charge is 0.0718 e. The van der Waals surface area contributed by atoms with Crippen LogP contribution in [0.15, 0.2) is 0 Å². The molecule has 120 valence electrons. The van der Waals surface area contributed by atoms with Gasteiger partial charge in [-0.05, 0) is 52.1 Å². The van der Waals surface area contributed by atoms with Gasteiger partial charge in [-0.25, -0.2) is 0 Å². The van der Waals surface area contributed by atoms with Gasteiger partial charge in [0.25, 0.3) is 0 Å². The number of hydrogen-bond acceptors (Lipinski definition) is 3. The Labute approximate surface area is 126 Å². The van der Waals surface area contributed by atoms with E-state index in [4.69, 9.17) is 0 Å². The average Bonchev–Trinajstić information content (AvgIpc) is 2.59. The third kappa shape index (κ3) is 7.05. The van der Waals surface area contributed by atoms with Crippen LogP contribution in [0.3, 0.4) is 0 Å². The molecule has 1 rings (SSSR count). The van der Waals surface area contributed by atoms with Crippen molar-refractivity contribution in [2.45, 2.75) is 77.9 Å². The predicted octanol–water partition coefficient (Wildman–Crippen LogP) is 3.03. The van der Waals surface area contributed by atoms with Crippen LogP contribution in [0.25, 0.3) is 0 Å². The Morgan fingerprint density at radius 3 is 2.45 bits per heavy atom. The number of likely N-dealkylation sites (N-methyl/N-ethyl adjacent to an activating group) is 1. The van der Waals surface area contributed by atoms with Crippen molar-refractivity contribution in [2.24, 2.45) is 5.92 Å². The lowest BCUT2D eigenvalue weighted by Crippen LogP contribution is -2.46. The zero-order chi connectivity index (χ0) is 15.0. The van der Waals surface area contributed by atoms with Crippen LogP contribution in [-0.2, 0) is 0 Å². The van der Waals surface area contributed by atoms with Gasteiger partial charge in [0, 0.05) is 19.1 Å². The Morgan fingerprint density at radius 2 is 1.85 bits per heavy atom. The van der Waals surface area contributed by atoms with Crippen LogP contribution in [0, 0.1) is 5.92 Å². The minimum Gasteiger partial charge on any atom is -0.389 e. The Hall–Kier alpha value is -0.120. The minimum atomic E-state index is -0.590. The van der Waals surface area contributed by atoms with Gasteiger partial charge in [0.2, 0.25) is 0 Å². The Kier molecular flexibility index (Phi) is 8.08. The normalized spacial score (nSPS) is 24.9. The second-order valence-corrected chi connectivity index (χ2v) is 7.10. The van der Waals surface area contributed by atoms with Gasteiger partial charge in [-0.3, -0.25) is 0 Å². The van der Waals surface area contributed by atoms with Crippen LogP contribution < -0.4 is 5.32 Å². The maximum Gasteiger partial charge on any atom is 0.0718 e. The van der Waals surface area contributed by atoms with Gasteiger partial charge in [0.05, 0.1) is 5.60 Å². The van der Waals surface area contributed by atoms with Gasteiger partial charge in [0.15, 0.2) is 0 Å². The molecule has 0 amide bonds. The molecule has 0 radical (unpaired) electrons. The summed E-state index contributed by atoms with van der Waals surface area (Å²) in [4.78, 5) is 2.43. The lowest BCUT2D eigenvalue weighted by atomic mass is 9.93. The highest BCUT2D eigenvalue weighted by Gasteiger charge is 2.26. The number of nitrogens with one attached hydrogen (secondary N) is 1. The second-order valence-electron chi connectivity index (χ2n) is 7.10. The highest BCUT2D eigenvalue weighted by Crippen LogP contribution is 2.25. The molecule has 2 N–H and O–H groups in total. The first-order valence-corrected chi connectivity index (χ1v) is 8.64. The van der Waals surface area contributed by atoms with Crippen molar-refractivity contribution in [3.8, 4) is 0 Å². The van der Waals surface area contributed by atoms with Crippen molar-refractivity contribution < 1.29 is 5.11 Å². The highest BCUT2D eigenvalue weighted by atomic mass is 16.3. The van der Waals surface area contributed by atoms with Gasteiger partial charge in [-0.2, -0.15) is 0 Å². The number of hydrogen-bond donors (Lipinski definition) is 2. The fourth-order valence-electron chi connectivity index (χ4n) is 3.39. The SMILES string of the molecule is CCCNC1CCCCCC1CN(CC)CC(C)(C)O. The molecular formula is C17H36N2O. The van der Waals surface area contributed by atoms with Crippen molar-refractivity contribution in [2.75, 3.05) is 26.2 Å². The molecule has 0 bridgehead atoms. The zero-order valence-corrected chi connectivity index (χ0v) is 14.1. The molecule has 0 aromatic rings. The molecule has 0 aromatic carbocycles. The van der Waals surface area contributed by atoms with E-state index in [0.717, 1.165) is 32.1 Å². The largest absolute Gasteiger partial charge is 0.389 e. The van der Waals surface area contributed by atoms with E-state index in [1.807, 2.05) is 13.8 Å². The van der Waals surface area contributed by atoms with Crippen LogP contribution in [0.1, 0.15) is 66.2 Å². The molecule has 1 fully saturated rings. The molecule has 1 aliphatic carbocycles. The van der Waals surface area contributed by atoms with E-state index in [9.17, 15) is 5.11 Å². The Balaban J connectivity index is 2.57. The molecule has 20 heavy (non-hydrogen) atoms. The molecule has 3 heteroatoms.